The second-order valence-corrected chi connectivity index (χ2v) is 7.70. The van der Waals surface area contributed by atoms with Gasteiger partial charge in [-0.1, -0.05) is 33.6 Å². The van der Waals surface area contributed by atoms with E-state index in [2.05, 4.69) is 10.6 Å². The molecule has 0 aliphatic carbocycles. The van der Waals surface area contributed by atoms with E-state index in [1.807, 2.05) is 20.8 Å². The van der Waals surface area contributed by atoms with E-state index in [1.165, 1.54) is 0 Å². The van der Waals surface area contributed by atoms with Crippen molar-refractivity contribution in [3.05, 3.63) is 0 Å². The molecule has 0 saturated heterocycles. The van der Waals surface area contributed by atoms with Gasteiger partial charge in [-0.25, -0.2) is 0 Å². The number of ketones is 2. The molecule has 0 rings (SSSR count). The second kappa shape index (κ2) is 17.5. The van der Waals surface area contributed by atoms with Gasteiger partial charge in [0.05, 0.1) is 26.5 Å². The predicted octanol–water partition coefficient (Wildman–Crippen LogP) is 1.85. The van der Waals surface area contributed by atoms with Crippen molar-refractivity contribution in [2.75, 3.05) is 53.4 Å². The van der Waals surface area contributed by atoms with Gasteiger partial charge in [-0.2, -0.15) is 0 Å². The van der Waals surface area contributed by atoms with E-state index in [0.29, 0.717) is 19.5 Å². The first-order valence-corrected chi connectivity index (χ1v) is 10.5. The van der Waals surface area contributed by atoms with Gasteiger partial charge in [0.2, 0.25) is 5.91 Å². The van der Waals surface area contributed by atoms with Crippen LogP contribution in [-0.4, -0.2) is 70.8 Å². The van der Waals surface area contributed by atoms with Crippen LogP contribution in [0.15, 0.2) is 0 Å². The Kier molecular flexibility index (Phi) is 16.7. The van der Waals surface area contributed by atoms with Crippen molar-refractivity contribution in [1.82, 2.24) is 10.6 Å². The summed E-state index contributed by atoms with van der Waals surface area (Å²) in [6.07, 6.45) is 4.66. The molecule has 0 aromatic carbocycles. The van der Waals surface area contributed by atoms with E-state index in [0.717, 1.165) is 25.7 Å². The molecule has 0 spiro atoms. The number of amides is 1. The Hall–Kier alpha value is -1.35. The van der Waals surface area contributed by atoms with Crippen molar-refractivity contribution in [2.45, 2.75) is 59.3 Å². The van der Waals surface area contributed by atoms with Gasteiger partial charge in [0.25, 0.3) is 0 Å². The van der Waals surface area contributed by atoms with Gasteiger partial charge in [0.15, 0.2) is 11.6 Å². The van der Waals surface area contributed by atoms with E-state index in [9.17, 15) is 14.4 Å². The number of Topliss-reactive ketones (excluding diaryl/α,β-unsaturated/α-hetero) is 2. The minimum Gasteiger partial charge on any atom is -0.373 e. The third-order valence-corrected chi connectivity index (χ3v) is 4.19. The van der Waals surface area contributed by atoms with Gasteiger partial charge < -0.3 is 24.8 Å². The largest absolute Gasteiger partial charge is 0.373 e. The minimum absolute atomic E-state index is 0.0493. The maximum absolute atomic E-state index is 11.8. The summed E-state index contributed by atoms with van der Waals surface area (Å²) in [5.41, 5.74) is -0.570. The molecule has 0 heterocycles. The Balaban J connectivity index is 4.48. The zero-order valence-corrected chi connectivity index (χ0v) is 18.6. The van der Waals surface area contributed by atoms with Gasteiger partial charge in [-0.3, -0.25) is 14.4 Å². The zero-order valence-electron chi connectivity index (χ0n) is 18.6. The number of rotatable bonds is 20. The molecule has 2 N–H and O–H groups in total. The average Bonchev–Trinajstić information content (AvgIpc) is 2.69. The highest BCUT2D eigenvalue weighted by molar-refractivity contribution is 5.80. The van der Waals surface area contributed by atoms with Crippen LogP contribution >= 0.6 is 0 Å². The summed E-state index contributed by atoms with van der Waals surface area (Å²) in [5, 5.41) is 5.47. The van der Waals surface area contributed by atoms with Gasteiger partial charge >= 0.3 is 0 Å². The topological polar surface area (TPSA) is 103 Å². The predicted molar refractivity (Wildman–Crippen MR) is 112 cm³/mol. The van der Waals surface area contributed by atoms with Crippen molar-refractivity contribution in [3.8, 4) is 0 Å². The highest BCUT2D eigenvalue weighted by Gasteiger charge is 2.27. The lowest BCUT2D eigenvalue weighted by atomic mass is 9.94. The van der Waals surface area contributed by atoms with Crippen LogP contribution in [0.4, 0.5) is 0 Å². The Morgan fingerprint density at radius 3 is 1.66 bits per heavy atom. The molecule has 0 aliphatic heterocycles. The molecule has 0 saturated carbocycles. The summed E-state index contributed by atoms with van der Waals surface area (Å²) in [7, 11) is 1.73. The minimum atomic E-state index is -0.570. The molecule has 0 atom stereocenters. The van der Waals surface area contributed by atoms with Gasteiger partial charge in [-0.05, 0) is 19.9 Å². The van der Waals surface area contributed by atoms with Gasteiger partial charge in [0.1, 0.15) is 19.8 Å². The molecule has 0 unspecified atom stereocenters. The van der Waals surface area contributed by atoms with Crippen LogP contribution in [0.5, 0.6) is 0 Å². The molecule has 0 bridgehead atoms. The molecule has 0 aliphatic rings. The first-order valence-electron chi connectivity index (χ1n) is 10.5. The summed E-state index contributed by atoms with van der Waals surface area (Å²) >= 11 is 0. The third kappa shape index (κ3) is 16.2. The standard InChI is InChI=1S/C21H40N2O6/c1-5-7-9-18(24)11-27-14-21(3,15-28-12-19(25)10-8-6-2)16-29-13-20(26)23-17-22-4/h22H,5-17H2,1-4H3,(H,23,26). The molecule has 8 nitrogen and oxygen atoms in total. The average molecular weight is 417 g/mol. The first-order chi connectivity index (χ1) is 13.9. The second-order valence-electron chi connectivity index (χ2n) is 7.70. The summed E-state index contributed by atoms with van der Waals surface area (Å²) < 4.78 is 16.7. The Labute approximate surface area is 175 Å². The summed E-state index contributed by atoms with van der Waals surface area (Å²) in [5.74, 6) is -0.0949. The monoisotopic (exact) mass is 416 g/mol. The van der Waals surface area contributed by atoms with Crippen LogP contribution in [0.3, 0.4) is 0 Å². The quantitative estimate of drug-likeness (QED) is 0.292. The molecule has 0 radical (unpaired) electrons. The van der Waals surface area contributed by atoms with Crippen molar-refractivity contribution in [1.29, 1.82) is 0 Å². The van der Waals surface area contributed by atoms with Crippen LogP contribution in [0.1, 0.15) is 59.3 Å². The lowest BCUT2D eigenvalue weighted by Gasteiger charge is -2.28. The Morgan fingerprint density at radius 2 is 1.24 bits per heavy atom. The van der Waals surface area contributed by atoms with E-state index in [-0.39, 0.29) is 57.1 Å². The van der Waals surface area contributed by atoms with Crippen LogP contribution in [-0.2, 0) is 28.6 Å². The number of unbranched alkanes of at least 4 members (excludes halogenated alkanes) is 2. The fraction of sp³-hybridized carbons (Fsp3) is 0.857. The molecule has 0 fully saturated rings. The van der Waals surface area contributed by atoms with Crippen molar-refractivity contribution in [3.63, 3.8) is 0 Å². The number of carbonyl (C=O) groups is 3. The molecule has 0 aromatic heterocycles. The molecular formula is C21H40N2O6. The van der Waals surface area contributed by atoms with E-state index in [1.54, 1.807) is 7.05 Å². The number of ether oxygens (including phenoxy) is 3. The van der Waals surface area contributed by atoms with Crippen molar-refractivity contribution in [2.24, 2.45) is 5.41 Å². The number of hydrogen-bond acceptors (Lipinski definition) is 7. The fourth-order valence-electron chi connectivity index (χ4n) is 2.47. The van der Waals surface area contributed by atoms with Crippen molar-refractivity contribution >= 4 is 17.5 Å². The first kappa shape index (κ1) is 27.6. The summed E-state index contributed by atoms with van der Waals surface area (Å²) in [6.45, 7) is 7.05. The molecule has 8 heteroatoms. The van der Waals surface area contributed by atoms with Crippen molar-refractivity contribution < 1.29 is 28.6 Å². The normalized spacial score (nSPS) is 11.4. The maximum Gasteiger partial charge on any atom is 0.246 e. The third-order valence-electron chi connectivity index (χ3n) is 4.19. The Bertz CT molecular complexity index is 406. The smallest absolute Gasteiger partial charge is 0.246 e. The molecule has 0 aromatic rings. The summed E-state index contributed by atoms with van der Waals surface area (Å²) in [4.78, 5) is 35.3. The number of nitrogens with one attached hydrogen (secondary N) is 2. The summed E-state index contributed by atoms with van der Waals surface area (Å²) in [6, 6.07) is 0. The SMILES string of the molecule is CCCCC(=O)COCC(C)(COCC(=O)CCCC)COCC(=O)NCNC. The van der Waals surface area contributed by atoms with E-state index < -0.39 is 5.41 Å². The van der Waals surface area contributed by atoms with Crippen LogP contribution < -0.4 is 10.6 Å². The highest BCUT2D eigenvalue weighted by Crippen LogP contribution is 2.19. The zero-order chi connectivity index (χ0) is 22.0. The van der Waals surface area contributed by atoms with E-state index in [4.69, 9.17) is 14.2 Å². The molecule has 1 amide bonds. The van der Waals surface area contributed by atoms with E-state index >= 15 is 0 Å². The number of carbonyl (C=O) groups excluding carboxylic acids is 3. The lowest BCUT2D eigenvalue weighted by Crippen LogP contribution is -2.38. The molecule has 29 heavy (non-hydrogen) atoms. The maximum atomic E-state index is 11.8. The molecular weight excluding hydrogens is 376 g/mol. The Morgan fingerprint density at radius 1 is 0.793 bits per heavy atom. The highest BCUT2D eigenvalue weighted by atomic mass is 16.5. The van der Waals surface area contributed by atoms with Crippen LogP contribution in [0.25, 0.3) is 0 Å². The van der Waals surface area contributed by atoms with Crippen LogP contribution in [0, 0.1) is 5.41 Å². The van der Waals surface area contributed by atoms with Gasteiger partial charge in [-0.15, -0.1) is 0 Å². The number of hydrogen-bond donors (Lipinski definition) is 2. The fourth-order valence-corrected chi connectivity index (χ4v) is 2.47. The molecule has 170 valence electrons. The lowest BCUT2D eigenvalue weighted by molar-refractivity contribution is -0.132. The van der Waals surface area contributed by atoms with Crippen LogP contribution in [0.2, 0.25) is 0 Å². The van der Waals surface area contributed by atoms with Gasteiger partial charge in [0, 0.05) is 18.3 Å².